The number of hydrogen-bond acceptors (Lipinski definition) is 4. The molecule has 0 aliphatic carbocycles. The van der Waals surface area contributed by atoms with E-state index < -0.39 is 18.0 Å². The van der Waals surface area contributed by atoms with Crippen LogP contribution in [0.1, 0.15) is 17.3 Å². The van der Waals surface area contributed by atoms with Gasteiger partial charge < -0.3 is 15.2 Å². The van der Waals surface area contributed by atoms with Gasteiger partial charge in [-0.15, -0.1) is 0 Å². The molecule has 1 unspecified atom stereocenters. The molecular weight excluding hydrogens is 306 g/mol. The van der Waals surface area contributed by atoms with Crippen molar-refractivity contribution in [2.45, 2.75) is 13.0 Å². The normalized spacial score (nSPS) is 11.5. The average Bonchev–Trinajstić information content (AvgIpc) is 2.47. The second-order valence-corrected chi connectivity index (χ2v) is 5.03. The monoisotopic (exact) mass is 319 g/mol. The van der Waals surface area contributed by atoms with Crippen molar-refractivity contribution in [2.75, 3.05) is 5.32 Å². The number of halogens is 1. The van der Waals surface area contributed by atoms with Gasteiger partial charge in [0.05, 0.1) is 5.56 Å². The molecule has 0 spiro atoms. The van der Waals surface area contributed by atoms with E-state index in [1.54, 1.807) is 24.3 Å². The van der Waals surface area contributed by atoms with Crippen LogP contribution < -0.4 is 5.32 Å². The maximum atomic E-state index is 12.0. The van der Waals surface area contributed by atoms with Crippen LogP contribution in [0.25, 0.3) is 0 Å². The van der Waals surface area contributed by atoms with Gasteiger partial charge in [0.25, 0.3) is 5.91 Å². The van der Waals surface area contributed by atoms with Crippen molar-refractivity contribution in [2.24, 2.45) is 0 Å². The van der Waals surface area contributed by atoms with Crippen molar-refractivity contribution < 1.29 is 19.4 Å². The number of phenols is 1. The number of anilines is 1. The lowest BCUT2D eigenvalue weighted by molar-refractivity contribution is -0.123. The van der Waals surface area contributed by atoms with E-state index in [9.17, 15) is 14.7 Å². The van der Waals surface area contributed by atoms with Gasteiger partial charge in [0, 0.05) is 10.7 Å². The van der Waals surface area contributed by atoms with Crippen LogP contribution in [0.5, 0.6) is 5.75 Å². The van der Waals surface area contributed by atoms with Crippen LogP contribution in [-0.2, 0) is 9.53 Å². The minimum Gasteiger partial charge on any atom is -0.508 e. The maximum absolute atomic E-state index is 12.0. The fourth-order valence-electron chi connectivity index (χ4n) is 1.73. The first-order valence-electron chi connectivity index (χ1n) is 6.52. The molecule has 0 saturated carbocycles. The van der Waals surface area contributed by atoms with Gasteiger partial charge >= 0.3 is 5.97 Å². The van der Waals surface area contributed by atoms with Crippen molar-refractivity contribution in [1.29, 1.82) is 0 Å². The lowest BCUT2D eigenvalue weighted by Crippen LogP contribution is -2.30. The van der Waals surface area contributed by atoms with Gasteiger partial charge in [0.15, 0.2) is 6.10 Å². The topological polar surface area (TPSA) is 75.6 Å². The number of rotatable bonds is 4. The zero-order valence-corrected chi connectivity index (χ0v) is 12.5. The molecule has 0 fully saturated rings. The highest BCUT2D eigenvalue weighted by atomic mass is 35.5. The highest BCUT2D eigenvalue weighted by Crippen LogP contribution is 2.16. The Bertz CT molecular complexity index is 702. The molecule has 0 aliphatic rings. The first-order valence-corrected chi connectivity index (χ1v) is 6.90. The molecule has 0 saturated heterocycles. The lowest BCUT2D eigenvalue weighted by atomic mass is 10.2. The van der Waals surface area contributed by atoms with Gasteiger partial charge in [-0.1, -0.05) is 23.7 Å². The van der Waals surface area contributed by atoms with Crippen molar-refractivity contribution >= 4 is 29.2 Å². The van der Waals surface area contributed by atoms with E-state index in [-0.39, 0.29) is 11.3 Å². The van der Waals surface area contributed by atoms with Crippen LogP contribution in [-0.4, -0.2) is 23.1 Å². The van der Waals surface area contributed by atoms with Crippen LogP contribution in [0.2, 0.25) is 5.02 Å². The third kappa shape index (κ3) is 4.23. The summed E-state index contributed by atoms with van der Waals surface area (Å²) in [6.45, 7) is 1.46. The molecule has 6 heteroatoms. The number of hydrogen-bond donors (Lipinski definition) is 2. The Balaban J connectivity index is 1.98. The summed E-state index contributed by atoms with van der Waals surface area (Å²) < 4.78 is 5.06. The zero-order valence-electron chi connectivity index (χ0n) is 11.7. The van der Waals surface area contributed by atoms with Crippen molar-refractivity contribution in [3.05, 3.63) is 59.1 Å². The summed E-state index contributed by atoms with van der Waals surface area (Å²) in [4.78, 5) is 23.9. The summed E-state index contributed by atoms with van der Waals surface area (Å²) in [7, 11) is 0. The quantitative estimate of drug-likeness (QED) is 0.848. The SMILES string of the molecule is CC(OC(=O)c1cccc(O)c1)C(=O)Nc1cccc(Cl)c1. The van der Waals surface area contributed by atoms with E-state index in [0.717, 1.165) is 0 Å². The maximum Gasteiger partial charge on any atom is 0.339 e. The van der Waals surface area contributed by atoms with E-state index in [0.29, 0.717) is 10.7 Å². The molecule has 0 bridgehead atoms. The summed E-state index contributed by atoms with van der Waals surface area (Å²) in [5.74, 6) is -1.22. The van der Waals surface area contributed by atoms with Gasteiger partial charge in [0.1, 0.15) is 5.75 Å². The van der Waals surface area contributed by atoms with E-state index >= 15 is 0 Å². The number of phenolic OH excluding ortho intramolecular Hbond substituents is 1. The molecule has 0 aromatic heterocycles. The minimum atomic E-state index is -0.992. The van der Waals surface area contributed by atoms with Gasteiger partial charge in [0.2, 0.25) is 0 Å². The minimum absolute atomic E-state index is 0.0505. The van der Waals surface area contributed by atoms with Crippen molar-refractivity contribution in [3.8, 4) is 5.75 Å². The smallest absolute Gasteiger partial charge is 0.339 e. The Kier molecular flexibility index (Phi) is 5.01. The molecule has 1 amide bonds. The molecule has 2 N–H and O–H groups in total. The molecule has 0 heterocycles. The van der Waals surface area contributed by atoms with E-state index in [1.165, 1.54) is 31.2 Å². The molecule has 114 valence electrons. The van der Waals surface area contributed by atoms with E-state index in [2.05, 4.69) is 5.32 Å². The highest BCUT2D eigenvalue weighted by molar-refractivity contribution is 6.30. The fourth-order valence-corrected chi connectivity index (χ4v) is 1.92. The fraction of sp³-hybridized carbons (Fsp3) is 0.125. The van der Waals surface area contributed by atoms with Gasteiger partial charge in [-0.3, -0.25) is 4.79 Å². The highest BCUT2D eigenvalue weighted by Gasteiger charge is 2.19. The Morgan fingerprint density at radius 2 is 1.91 bits per heavy atom. The molecule has 2 rings (SSSR count). The number of amides is 1. The second-order valence-electron chi connectivity index (χ2n) is 4.60. The van der Waals surface area contributed by atoms with E-state index in [4.69, 9.17) is 16.3 Å². The number of carbonyl (C=O) groups is 2. The standard InChI is InChI=1S/C16H14ClNO4/c1-10(15(20)18-13-6-3-5-12(17)9-13)22-16(21)11-4-2-7-14(19)8-11/h2-10,19H,1H3,(H,18,20). The molecular formula is C16H14ClNO4. The third-order valence-electron chi connectivity index (χ3n) is 2.83. The number of esters is 1. The molecule has 1 atom stereocenters. The summed E-state index contributed by atoms with van der Waals surface area (Å²) in [6.07, 6.45) is -0.992. The Labute approximate surface area is 132 Å². The first-order chi connectivity index (χ1) is 10.5. The lowest BCUT2D eigenvalue weighted by Gasteiger charge is -2.13. The summed E-state index contributed by atoms with van der Waals surface area (Å²) >= 11 is 5.83. The summed E-state index contributed by atoms with van der Waals surface area (Å²) in [5.41, 5.74) is 0.681. The van der Waals surface area contributed by atoms with Crippen molar-refractivity contribution in [1.82, 2.24) is 0 Å². The van der Waals surface area contributed by atoms with Crippen molar-refractivity contribution in [3.63, 3.8) is 0 Å². The van der Waals surface area contributed by atoms with Gasteiger partial charge in [-0.05, 0) is 43.3 Å². The second kappa shape index (κ2) is 6.95. The van der Waals surface area contributed by atoms with Crippen LogP contribution in [0.3, 0.4) is 0 Å². The summed E-state index contributed by atoms with van der Waals surface area (Å²) in [6, 6.07) is 12.4. The number of benzene rings is 2. The van der Waals surface area contributed by atoms with Crippen LogP contribution in [0, 0.1) is 0 Å². The first kappa shape index (κ1) is 15.9. The number of aromatic hydroxyl groups is 1. The van der Waals surface area contributed by atoms with Crippen LogP contribution in [0.4, 0.5) is 5.69 Å². The summed E-state index contributed by atoms with van der Waals surface area (Å²) in [5, 5.41) is 12.4. The molecule has 5 nitrogen and oxygen atoms in total. The van der Waals surface area contributed by atoms with Crippen LogP contribution >= 0.6 is 11.6 Å². The number of ether oxygens (including phenoxy) is 1. The predicted molar refractivity (Wildman–Crippen MR) is 83.1 cm³/mol. The third-order valence-corrected chi connectivity index (χ3v) is 3.06. The Morgan fingerprint density at radius 1 is 1.18 bits per heavy atom. The van der Waals surface area contributed by atoms with Gasteiger partial charge in [-0.2, -0.15) is 0 Å². The van der Waals surface area contributed by atoms with Crippen LogP contribution in [0.15, 0.2) is 48.5 Å². The molecule has 0 aliphatic heterocycles. The predicted octanol–water partition coefficient (Wildman–Crippen LogP) is 3.23. The Hall–Kier alpha value is -2.53. The van der Waals surface area contributed by atoms with E-state index in [1.807, 2.05) is 0 Å². The molecule has 22 heavy (non-hydrogen) atoms. The molecule has 2 aromatic rings. The van der Waals surface area contributed by atoms with Gasteiger partial charge in [-0.25, -0.2) is 4.79 Å². The number of nitrogens with one attached hydrogen (secondary N) is 1. The largest absolute Gasteiger partial charge is 0.508 e. The Morgan fingerprint density at radius 3 is 2.59 bits per heavy atom. The molecule has 0 radical (unpaired) electrons. The zero-order chi connectivity index (χ0) is 16.1. The number of carbonyl (C=O) groups excluding carboxylic acids is 2. The molecule has 2 aromatic carbocycles. The average molecular weight is 320 g/mol.